The Morgan fingerprint density at radius 1 is 1.25 bits per heavy atom. The summed E-state index contributed by atoms with van der Waals surface area (Å²) in [6.07, 6.45) is -2.73. The number of nitrogen functional groups attached to an aromatic ring is 1. The van der Waals surface area contributed by atoms with E-state index in [1.54, 1.807) is 37.3 Å². The fraction of sp³-hybridized carbons (Fsp3) is 0.235. The van der Waals surface area contributed by atoms with Crippen LogP contribution in [-0.2, 0) is 13.2 Å². The maximum atomic E-state index is 13.5. The van der Waals surface area contributed by atoms with E-state index in [0.29, 0.717) is 26.8 Å². The lowest BCUT2D eigenvalue weighted by Crippen LogP contribution is -2.08. The monoisotopic (exact) mass is 397 g/mol. The summed E-state index contributed by atoms with van der Waals surface area (Å²) in [6, 6.07) is 8.46. The van der Waals surface area contributed by atoms with Crippen LogP contribution >= 0.6 is 15.9 Å². The summed E-state index contributed by atoms with van der Waals surface area (Å²) in [5.74, 6) is -0.332. The van der Waals surface area contributed by atoms with Gasteiger partial charge in [-0.05, 0) is 51.7 Å². The number of nitrogens with two attached hydrogens (primary N) is 1. The van der Waals surface area contributed by atoms with Crippen LogP contribution in [0.2, 0.25) is 0 Å². The Bertz CT molecular complexity index is 906. The van der Waals surface area contributed by atoms with Crippen molar-refractivity contribution in [3.8, 4) is 0 Å². The van der Waals surface area contributed by atoms with Crippen LogP contribution in [0.1, 0.15) is 28.9 Å². The number of fused-ring (bicyclic) bond motifs is 1. The SMILES string of the molecule is Cc1c(CF)cccc1Cn1c(C(F)F)nc2c(Br)cc(N)cc21. The standard InChI is InChI=1S/C17H15BrF3N3/c1-9-10(7-19)3-2-4-11(9)8-24-14-6-12(22)5-13(18)15(14)23-17(24)16(20)21/h2-6,16H,7-8,22H2,1H3. The molecule has 1 aromatic heterocycles. The average molecular weight is 398 g/mol. The molecule has 0 aliphatic carbocycles. The number of nitrogens with zero attached hydrogens (tertiary/aromatic N) is 2. The first-order valence-corrected chi connectivity index (χ1v) is 8.08. The van der Waals surface area contributed by atoms with E-state index in [4.69, 9.17) is 5.73 Å². The molecule has 3 nitrogen and oxygen atoms in total. The number of alkyl halides is 3. The van der Waals surface area contributed by atoms with Gasteiger partial charge in [0.2, 0.25) is 0 Å². The van der Waals surface area contributed by atoms with E-state index in [1.807, 2.05) is 0 Å². The van der Waals surface area contributed by atoms with Gasteiger partial charge in [-0.1, -0.05) is 18.2 Å². The minimum absolute atomic E-state index is 0.172. The quantitative estimate of drug-likeness (QED) is 0.619. The van der Waals surface area contributed by atoms with Gasteiger partial charge in [-0.25, -0.2) is 18.2 Å². The summed E-state index contributed by atoms with van der Waals surface area (Å²) in [6.45, 7) is 1.37. The van der Waals surface area contributed by atoms with Gasteiger partial charge in [0, 0.05) is 16.7 Å². The predicted octanol–water partition coefficient (Wildman–Crippen LogP) is 5.14. The molecule has 3 aromatic rings. The minimum Gasteiger partial charge on any atom is -0.399 e. The summed E-state index contributed by atoms with van der Waals surface area (Å²) < 4.78 is 42.0. The molecule has 3 rings (SSSR count). The van der Waals surface area contributed by atoms with Gasteiger partial charge in [-0.3, -0.25) is 0 Å². The highest BCUT2D eigenvalue weighted by Gasteiger charge is 2.21. The Labute approximate surface area is 145 Å². The van der Waals surface area contributed by atoms with Gasteiger partial charge in [0.15, 0.2) is 5.82 Å². The predicted molar refractivity (Wildman–Crippen MR) is 91.9 cm³/mol. The normalized spacial score (nSPS) is 11.6. The lowest BCUT2D eigenvalue weighted by Gasteiger charge is -2.13. The van der Waals surface area contributed by atoms with Crippen LogP contribution in [0.15, 0.2) is 34.8 Å². The van der Waals surface area contributed by atoms with Gasteiger partial charge in [-0.2, -0.15) is 0 Å². The highest BCUT2D eigenvalue weighted by molar-refractivity contribution is 9.10. The molecule has 7 heteroatoms. The van der Waals surface area contributed by atoms with Crippen LogP contribution in [0.5, 0.6) is 0 Å². The molecule has 2 aromatic carbocycles. The first kappa shape index (κ1) is 16.8. The molecule has 1 heterocycles. The Morgan fingerprint density at radius 3 is 2.62 bits per heavy atom. The van der Waals surface area contributed by atoms with Crippen molar-refractivity contribution in [3.05, 3.63) is 57.3 Å². The lowest BCUT2D eigenvalue weighted by atomic mass is 10.0. The third-order valence-electron chi connectivity index (χ3n) is 4.09. The van der Waals surface area contributed by atoms with Gasteiger partial charge in [0.05, 0.1) is 5.52 Å². The van der Waals surface area contributed by atoms with Crippen molar-refractivity contribution >= 4 is 32.7 Å². The molecule has 0 bridgehead atoms. The average Bonchev–Trinajstić information content (AvgIpc) is 2.88. The van der Waals surface area contributed by atoms with Crippen LogP contribution in [-0.4, -0.2) is 9.55 Å². The molecule has 0 aliphatic rings. The molecule has 0 radical (unpaired) electrons. The molecule has 2 N–H and O–H groups in total. The second kappa shape index (κ2) is 6.47. The zero-order chi connectivity index (χ0) is 17.4. The number of imidazole rings is 1. The third kappa shape index (κ3) is 2.88. The maximum absolute atomic E-state index is 13.5. The highest BCUT2D eigenvalue weighted by Crippen LogP contribution is 2.32. The van der Waals surface area contributed by atoms with Gasteiger partial charge in [0.1, 0.15) is 12.2 Å². The smallest absolute Gasteiger partial charge is 0.295 e. The molecular formula is C17H15BrF3N3. The molecule has 24 heavy (non-hydrogen) atoms. The number of hydrogen-bond donors (Lipinski definition) is 1. The largest absolute Gasteiger partial charge is 0.399 e. The lowest BCUT2D eigenvalue weighted by molar-refractivity contribution is 0.136. The van der Waals surface area contributed by atoms with Gasteiger partial charge in [0.25, 0.3) is 6.43 Å². The molecule has 0 aliphatic heterocycles. The molecule has 0 atom stereocenters. The van der Waals surface area contributed by atoms with E-state index < -0.39 is 13.1 Å². The van der Waals surface area contributed by atoms with Crippen molar-refractivity contribution in [1.29, 1.82) is 0 Å². The van der Waals surface area contributed by atoms with Crippen LogP contribution in [0.25, 0.3) is 11.0 Å². The summed E-state index contributed by atoms with van der Waals surface area (Å²) in [7, 11) is 0. The first-order valence-electron chi connectivity index (χ1n) is 7.29. The van der Waals surface area contributed by atoms with Crippen molar-refractivity contribution < 1.29 is 13.2 Å². The third-order valence-corrected chi connectivity index (χ3v) is 4.69. The highest BCUT2D eigenvalue weighted by atomic mass is 79.9. The molecular weight excluding hydrogens is 383 g/mol. The summed E-state index contributed by atoms with van der Waals surface area (Å²) in [5, 5.41) is 0. The minimum atomic E-state index is -2.73. The van der Waals surface area contributed by atoms with Crippen molar-refractivity contribution in [3.63, 3.8) is 0 Å². The van der Waals surface area contributed by atoms with Crippen molar-refractivity contribution in [2.75, 3.05) is 5.73 Å². The van der Waals surface area contributed by atoms with Crippen molar-refractivity contribution in [2.24, 2.45) is 0 Å². The summed E-state index contributed by atoms with van der Waals surface area (Å²) in [5.41, 5.74) is 9.31. The number of benzene rings is 2. The molecule has 0 unspecified atom stereocenters. The van der Waals surface area contributed by atoms with Gasteiger partial charge >= 0.3 is 0 Å². The Morgan fingerprint density at radius 2 is 1.96 bits per heavy atom. The fourth-order valence-electron chi connectivity index (χ4n) is 2.78. The molecule has 0 spiro atoms. The topological polar surface area (TPSA) is 43.8 Å². The molecule has 126 valence electrons. The van der Waals surface area contributed by atoms with E-state index in [9.17, 15) is 13.2 Å². The van der Waals surface area contributed by atoms with E-state index in [-0.39, 0.29) is 12.4 Å². The van der Waals surface area contributed by atoms with E-state index in [1.165, 1.54) is 4.57 Å². The number of hydrogen-bond acceptors (Lipinski definition) is 2. The van der Waals surface area contributed by atoms with Crippen LogP contribution in [0, 0.1) is 6.92 Å². The van der Waals surface area contributed by atoms with Crippen molar-refractivity contribution in [1.82, 2.24) is 9.55 Å². The Hall–Kier alpha value is -2.02. The van der Waals surface area contributed by atoms with Gasteiger partial charge < -0.3 is 10.3 Å². The second-order valence-electron chi connectivity index (χ2n) is 5.56. The maximum Gasteiger partial charge on any atom is 0.295 e. The summed E-state index contributed by atoms with van der Waals surface area (Å²) >= 11 is 3.32. The number of aromatic nitrogens is 2. The second-order valence-corrected chi connectivity index (χ2v) is 6.42. The zero-order valence-corrected chi connectivity index (χ0v) is 14.4. The first-order chi connectivity index (χ1) is 11.4. The fourth-order valence-corrected chi connectivity index (χ4v) is 3.33. The number of halogens is 4. The van der Waals surface area contributed by atoms with E-state index >= 15 is 0 Å². The van der Waals surface area contributed by atoms with E-state index in [2.05, 4.69) is 20.9 Å². The van der Waals surface area contributed by atoms with Crippen LogP contribution < -0.4 is 5.73 Å². The molecule has 0 saturated heterocycles. The Balaban J connectivity index is 2.20. The number of rotatable bonds is 4. The molecule has 0 fully saturated rings. The number of anilines is 1. The van der Waals surface area contributed by atoms with E-state index in [0.717, 1.165) is 11.1 Å². The van der Waals surface area contributed by atoms with Gasteiger partial charge in [-0.15, -0.1) is 0 Å². The summed E-state index contributed by atoms with van der Waals surface area (Å²) in [4.78, 5) is 4.06. The molecule has 0 saturated carbocycles. The zero-order valence-electron chi connectivity index (χ0n) is 12.9. The molecule has 0 amide bonds. The van der Waals surface area contributed by atoms with Crippen LogP contribution in [0.4, 0.5) is 18.9 Å². The Kier molecular flexibility index (Phi) is 4.54. The van der Waals surface area contributed by atoms with Crippen LogP contribution in [0.3, 0.4) is 0 Å². The van der Waals surface area contributed by atoms with Crippen molar-refractivity contribution in [2.45, 2.75) is 26.6 Å².